The summed E-state index contributed by atoms with van der Waals surface area (Å²) < 4.78 is 0. The van der Waals surface area contributed by atoms with Gasteiger partial charge in [0.25, 0.3) is 0 Å². The number of aldehydes is 1. The zero-order chi connectivity index (χ0) is 8.43. The summed E-state index contributed by atoms with van der Waals surface area (Å²) in [6.07, 6.45) is 0.688. The highest BCUT2D eigenvalue weighted by Gasteiger charge is 2.02. The molecule has 0 bridgehead atoms. The average Bonchev–Trinajstić information content (AvgIpc) is 1.97. The Balaban J connectivity index is 3.31. The van der Waals surface area contributed by atoms with Crippen LogP contribution in [-0.4, -0.2) is 6.29 Å². The van der Waals surface area contributed by atoms with E-state index in [1.54, 1.807) is 12.1 Å². The number of aryl methyl sites for hydroxylation is 1. The molecule has 1 aromatic carbocycles. The molecule has 0 aliphatic carbocycles. The van der Waals surface area contributed by atoms with Gasteiger partial charge in [0.05, 0.1) is 5.02 Å². The highest BCUT2D eigenvalue weighted by Crippen LogP contribution is 2.23. The number of rotatable bonds is 1. The molecule has 0 saturated heterocycles. The van der Waals surface area contributed by atoms with Gasteiger partial charge in [-0.25, -0.2) is 0 Å². The zero-order valence-electron chi connectivity index (χ0n) is 5.90. The molecule has 1 nitrogen and oxygen atoms in total. The SMILES string of the molecule is Cc1cc(Cl)c(C=O)cc1Cl. The summed E-state index contributed by atoms with van der Waals surface area (Å²) in [4.78, 5) is 10.3. The van der Waals surface area contributed by atoms with E-state index < -0.39 is 0 Å². The standard InChI is InChI=1S/C8H6Cl2O/c1-5-2-8(10)6(4-11)3-7(5)9/h2-4H,1H3. The van der Waals surface area contributed by atoms with Crippen molar-refractivity contribution in [3.05, 3.63) is 33.3 Å². The Morgan fingerprint density at radius 2 is 1.91 bits per heavy atom. The minimum Gasteiger partial charge on any atom is -0.298 e. The van der Waals surface area contributed by atoms with Gasteiger partial charge >= 0.3 is 0 Å². The molecule has 0 fully saturated rings. The molecular weight excluding hydrogens is 183 g/mol. The van der Waals surface area contributed by atoms with E-state index in [9.17, 15) is 4.79 Å². The molecule has 0 aliphatic heterocycles. The lowest BCUT2D eigenvalue weighted by molar-refractivity contribution is 0.112. The summed E-state index contributed by atoms with van der Waals surface area (Å²) in [5.41, 5.74) is 1.31. The summed E-state index contributed by atoms with van der Waals surface area (Å²) >= 11 is 11.5. The molecule has 1 aromatic rings. The normalized spacial score (nSPS) is 9.73. The molecule has 1 rings (SSSR count). The second-order valence-corrected chi connectivity index (χ2v) is 3.06. The fourth-order valence-electron chi connectivity index (χ4n) is 0.752. The third-order valence-electron chi connectivity index (χ3n) is 1.40. The monoisotopic (exact) mass is 188 g/mol. The summed E-state index contributed by atoms with van der Waals surface area (Å²) in [6.45, 7) is 1.84. The molecule has 0 N–H and O–H groups in total. The Labute approximate surface area is 74.9 Å². The van der Waals surface area contributed by atoms with Crippen molar-refractivity contribution >= 4 is 29.5 Å². The third kappa shape index (κ3) is 1.73. The van der Waals surface area contributed by atoms with E-state index in [-0.39, 0.29) is 0 Å². The van der Waals surface area contributed by atoms with Gasteiger partial charge in [-0.1, -0.05) is 23.2 Å². The largest absolute Gasteiger partial charge is 0.298 e. The Bertz CT molecular complexity index is 294. The van der Waals surface area contributed by atoms with Crippen molar-refractivity contribution in [3.8, 4) is 0 Å². The quantitative estimate of drug-likeness (QED) is 0.620. The van der Waals surface area contributed by atoms with Crippen molar-refractivity contribution in [2.24, 2.45) is 0 Å². The van der Waals surface area contributed by atoms with Crippen molar-refractivity contribution in [1.29, 1.82) is 0 Å². The van der Waals surface area contributed by atoms with Gasteiger partial charge < -0.3 is 0 Å². The van der Waals surface area contributed by atoms with Gasteiger partial charge in [0.2, 0.25) is 0 Å². The lowest BCUT2D eigenvalue weighted by Gasteiger charge is -1.99. The molecule has 0 heterocycles. The molecule has 58 valence electrons. The zero-order valence-corrected chi connectivity index (χ0v) is 7.41. The van der Waals surface area contributed by atoms with Crippen LogP contribution in [0.3, 0.4) is 0 Å². The molecule has 0 unspecified atom stereocenters. The van der Waals surface area contributed by atoms with Crippen LogP contribution in [0, 0.1) is 6.92 Å². The van der Waals surface area contributed by atoms with Gasteiger partial charge in [0.1, 0.15) is 0 Å². The van der Waals surface area contributed by atoms with Crippen molar-refractivity contribution in [2.75, 3.05) is 0 Å². The Morgan fingerprint density at radius 1 is 1.27 bits per heavy atom. The number of carbonyl (C=O) groups excluding carboxylic acids is 1. The molecule has 0 aliphatic rings. The van der Waals surface area contributed by atoms with Crippen LogP contribution in [0.4, 0.5) is 0 Å². The maximum absolute atomic E-state index is 10.3. The molecular formula is C8H6Cl2O. The van der Waals surface area contributed by atoms with Crippen LogP contribution >= 0.6 is 23.2 Å². The predicted molar refractivity (Wildman–Crippen MR) is 46.6 cm³/mol. The molecule has 0 aromatic heterocycles. The fraction of sp³-hybridized carbons (Fsp3) is 0.125. The predicted octanol–water partition coefficient (Wildman–Crippen LogP) is 3.11. The van der Waals surface area contributed by atoms with Gasteiger partial charge in [0, 0.05) is 10.6 Å². The first-order valence-electron chi connectivity index (χ1n) is 3.06. The number of hydrogen-bond acceptors (Lipinski definition) is 1. The Hall–Kier alpha value is -0.530. The van der Waals surface area contributed by atoms with Crippen molar-refractivity contribution in [3.63, 3.8) is 0 Å². The van der Waals surface area contributed by atoms with Gasteiger partial charge in [-0.05, 0) is 24.6 Å². The molecule has 11 heavy (non-hydrogen) atoms. The highest BCUT2D eigenvalue weighted by atomic mass is 35.5. The van der Waals surface area contributed by atoms with Crippen molar-refractivity contribution in [1.82, 2.24) is 0 Å². The molecule has 0 radical (unpaired) electrons. The average molecular weight is 189 g/mol. The number of halogens is 2. The van der Waals surface area contributed by atoms with Crippen molar-refractivity contribution < 1.29 is 4.79 Å². The highest BCUT2D eigenvalue weighted by molar-refractivity contribution is 6.35. The van der Waals surface area contributed by atoms with Crippen LogP contribution in [0.2, 0.25) is 10.0 Å². The second kappa shape index (κ2) is 3.24. The first kappa shape index (κ1) is 8.57. The smallest absolute Gasteiger partial charge is 0.151 e. The maximum Gasteiger partial charge on any atom is 0.151 e. The van der Waals surface area contributed by atoms with Crippen LogP contribution in [-0.2, 0) is 0 Å². The van der Waals surface area contributed by atoms with E-state index >= 15 is 0 Å². The van der Waals surface area contributed by atoms with E-state index in [1.807, 2.05) is 6.92 Å². The third-order valence-corrected chi connectivity index (χ3v) is 2.14. The number of benzene rings is 1. The van der Waals surface area contributed by atoms with Crippen LogP contribution in [0.5, 0.6) is 0 Å². The van der Waals surface area contributed by atoms with E-state index in [0.717, 1.165) is 5.56 Å². The van der Waals surface area contributed by atoms with Gasteiger partial charge in [-0.15, -0.1) is 0 Å². The molecule has 0 saturated carbocycles. The maximum atomic E-state index is 10.3. The van der Waals surface area contributed by atoms with Crippen molar-refractivity contribution in [2.45, 2.75) is 6.92 Å². The van der Waals surface area contributed by atoms with Gasteiger partial charge in [0.15, 0.2) is 6.29 Å². The van der Waals surface area contributed by atoms with E-state index in [2.05, 4.69) is 0 Å². The van der Waals surface area contributed by atoms with Crippen LogP contribution in [0.15, 0.2) is 12.1 Å². The van der Waals surface area contributed by atoms with Crippen LogP contribution < -0.4 is 0 Å². The lowest BCUT2D eigenvalue weighted by Crippen LogP contribution is -1.84. The molecule has 0 spiro atoms. The molecule has 3 heteroatoms. The summed E-state index contributed by atoms with van der Waals surface area (Å²) in [5, 5.41) is 1.01. The van der Waals surface area contributed by atoms with Crippen LogP contribution in [0.1, 0.15) is 15.9 Å². The Morgan fingerprint density at radius 3 is 2.45 bits per heavy atom. The minimum atomic E-state index is 0.433. The topological polar surface area (TPSA) is 17.1 Å². The van der Waals surface area contributed by atoms with E-state index in [0.29, 0.717) is 21.9 Å². The number of hydrogen-bond donors (Lipinski definition) is 0. The van der Waals surface area contributed by atoms with E-state index in [4.69, 9.17) is 23.2 Å². The van der Waals surface area contributed by atoms with Gasteiger partial charge in [-0.3, -0.25) is 4.79 Å². The summed E-state index contributed by atoms with van der Waals surface area (Å²) in [6, 6.07) is 3.24. The minimum absolute atomic E-state index is 0.433. The van der Waals surface area contributed by atoms with Gasteiger partial charge in [-0.2, -0.15) is 0 Å². The first-order valence-corrected chi connectivity index (χ1v) is 3.81. The second-order valence-electron chi connectivity index (χ2n) is 2.24. The first-order chi connectivity index (χ1) is 5.15. The van der Waals surface area contributed by atoms with Crippen LogP contribution in [0.25, 0.3) is 0 Å². The fourth-order valence-corrected chi connectivity index (χ4v) is 1.19. The Kier molecular flexibility index (Phi) is 2.53. The van der Waals surface area contributed by atoms with E-state index in [1.165, 1.54) is 0 Å². The summed E-state index contributed by atoms with van der Waals surface area (Å²) in [7, 11) is 0. The number of carbonyl (C=O) groups is 1. The lowest BCUT2D eigenvalue weighted by atomic mass is 10.2. The molecule has 0 atom stereocenters. The molecule has 0 amide bonds. The summed E-state index contributed by atoms with van der Waals surface area (Å²) in [5.74, 6) is 0.